The van der Waals surface area contributed by atoms with Crippen molar-refractivity contribution >= 4 is 17.4 Å². The van der Waals surface area contributed by atoms with Gasteiger partial charge in [0.1, 0.15) is 5.75 Å². The summed E-state index contributed by atoms with van der Waals surface area (Å²) in [6, 6.07) is 15.0. The standard InChI is InChI=1S/C17H17ClO2/c1-2-17(19)14-5-9-16(10-6-14)20-12-11-13-3-7-15(18)8-4-13/h3-10H,2,11-12H2,1H3. The molecule has 0 aliphatic carbocycles. The summed E-state index contributed by atoms with van der Waals surface area (Å²) in [5.41, 5.74) is 1.92. The van der Waals surface area contributed by atoms with E-state index in [4.69, 9.17) is 16.3 Å². The van der Waals surface area contributed by atoms with Crippen LogP contribution in [0, 0.1) is 0 Å². The third kappa shape index (κ3) is 4.10. The molecule has 0 aromatic heterocycles. The lowest BCUT2D eigenvalue weighted by Gasteiger charge is -2.07. The molecule has 0 radical (unpaired) electrons. The van der Waals surface area contributed by atoms with E-state index in [2.05, 4.69) is 0 Å². The van der Waals surface area contributed by atoms with Gasteiger partial charge in [0.25, 0.3) is 0 Å². The Hall–Kier alpha value is -1.80. The van der Waals surface area contributed by atoms with Gasteiger partial charge in [-0.1, -0.05) is 30.7 Å². The first-order valence-corrected chi connectivity index (χ1v) is 7.07. The van der Waals surface area contributed by atoms with Crippen molar-refractivity contribution in [2.24, 2.45) is 0 Å². The van der Waals surface area contributed by atoms with Crippen molar-refractivity contribution in [1.29, 1.82) is 0 Å². The zero-order chi connectivity index (χ0) is 14.4. The molecule has 0 atom stereocenters. The maximum Gasteiger partial charge on any atom is 0.162 e. The fraction of sp³-hybridized carbons (Fsp3) is 0.235. The summed E-state index contributed by atoms with van der Waals surface area (Å²) in [4.78, 5) is 11.5. The number of Topliss-reactive ketones (excluding diaryl/α,β-unsaturated/α-hetero) is 1. The monoisotopic (exact) mass is 288 g/mol. The number of hydrogen-bond donors (Lipinski definition) is 0. The molecule has 20 heavy (non-hydrogen) atoms. The van der Waals surface area contributed by atoms with Gasteiger partial charge in [-0.15, -0.1) is 0 Å². The van der Waals surface area contributed by atoms with E-state index in [1.54, 1.807) is 0 Å². The summed E-state index contributed by atoms with van der Waals surface area (Å²) in [6.07, 6.45) is 1.35. The van der Waals surface area contributed by atoms with Gasteiger partial charge >= 0.3 is 0 Å². The zero-order valence-electron chi connectivity index (χ0n) is 11.4. The Balaban J connectivity index is 1.85. The second-order valence-corrected chi connectivity index (χ2v) is 4.96. The minimum absolute atomic E-state index is 0.151. The summed E-state index contributed by atoms with van der Waals surface area (Å²) in [7, 11) is 0. The normalized spacial score (nSPS) is 10.3. The molecule has 2 nitrogen and oxygen atoms in total. The summed E-state index contributed by atoms with van der Waals surface area (Å²) in [5, 5.41) is 0.742. The lowest BCUT2D eigenvalue weighted by Crippen LogP contribution is -2.02. The van der Waals surface area contributed by atoms with Gasteiger partial charge in [-0.3, -0.25) is 4.79 Å². The molecule has 2 aromatic rings. The van der Waals surface area contributed by atoms with E-state index >= 15 is 0 Å². The van der Waals surface area contributed by atoms with Crippen LogP contribution in [0.25, 0.3) is 0 Å². The molecule has 0 amide bonds. The van der Waals surface area contributed by atoms with E-state index < -0.39 is 0 Å². The summed E-state index contributed by atoms with van der Waals surface area (Å²) in [5.74, 6) is 0.935. The Labute approximate surface area is 124 Å². The number of carbonyl (C=O) groups excluding carboxylic acids is 1. The lowest BCUT2D eigenvalue weighted by atomic mass is 10.1. The van der Waals surface area contributed by atoms with Crippen LogP contribution in [0.15, 0.2) is 48.5 Å². The molecule has 0 spiro atoms. The van der Waals surface area contributed by atoms with Gasteiger partial charge in [0.2, 0.25) is 0 Å². The van der Waals surface area contributed by atoms with E-state index in [1.807, 2.05) is 55.5 Å². The highest BCUT2D eigenvalue weighted by Crippen LogP contribution is 2.14. The molecule has 104 valence electrons. The molecule has 0 aliphatic rings. The number of ketones is 1. The van der Waals surface area contributed by atoms with Crippen LogP contribution in [-0.4, -0.2) is 12.4 Å². The number of halogens is 1. The van der Waals surface area contributed by atoms with E-state index in [1.165, 1.54) is 5.56 Å². The van der Waals surface area contributed by atoms with E-state index in [9.17, 15) is 4.79 Å². The third-order valence-electron chi connectivity index (χ3n) is 3.07. The summed E-state index contributed by atoms with van der Waals surface area (Å²) < 4.78 is 5.66. The van der Waals surface area contributed by atoms with Crippen LogP contribution in [0.5, 0.6) is 5.75 Å². The average molecular weight is 289 g/mol. The fourth-order valence-electron chi connectivity index (χ4n) is 1.88. The van der Waals surface area contributed by atoms with Crippen molar-refractivity contribution < 1.29 is 9.53 Å². The molecular formula is C17H17ClO2. The first-order valence-electron chi connectivity index (χ1n) is 6.69. The molecule has 3 heteroatoms. The van der Waals surface area contributed by atoms with Crippen molar-refractivity contribution in [2.75, 3.05) is 6.61 Å². The van der Waals surface area contributed by atoms with Crippen LogP contribution < -0.4 is 4.74 Å². The van der Waals surface area contributed by atoms with Gasteiger partial charge in [-0.2, -0.15) is 0 Å². The predicted molar refractivity (Wildman–Crippen MR) is 81.7 cm³/mol. The maximum atomic E-state index is 11.5. The highest BCUT2D eigenvalue weighted by Gasteiger charge is 2.02. The van der Waals surface area contributed by atoms with Crippen molar-refractivity contribution in [3.63, 3.8) is 0 Å². The average Bonchev–Trinajstić information content (AvgIpc) is 2.49. The van der Waals surface area contributed by atoms with Crippen molar-refractivity contribution in [2.45, 2.75) is 19.8 Å². The van der Waals surface area contributed by atoms with Gasteiger partial charge in [0.15, 0.2) is 5.78 Å². The molecule has 0 fully saturated rings. The maximum absolute atomic E-state index is 11.5. The second-order valence-electron chi connectivity index (χ2n) is 4.53. The van der Waals surface area contributed by atoms with Gasteiger partial charge < -0.3 is 4.74 Å². The number of ether oxygens (including phenoxy) is 1. The predicted octanol–water partition coefficient (Wildman–Crippen LogP) is 4.55. The van der Waals surface area contributed by atoms with Crippen LogP contribution in [0.4, 0.5) is 0 Å². The topological polar surface area (TPSA) is 26.3 Å². The van der Waals surface area contributed by atoms with Gasteiger partial charge in [-0.05, 0) is 42.0 Å². The van der Waals surface area contributed by atoms with Crippen LogP contribution >= 0.6 is 11.6 Å². The smallest absolute Gasteiger partial charge is 0.162 e. The molecule has 0 N–H and O–H groups in total. The van der Waals surface area contributed by atoms with Crippen molar-refractivity contribution in [3.05, 3.63) is 64.7 Å². The Morgan fingerprint density at radius 1 is 1.05 bits per heavy atom. The van der Waals surface area contributed by atoms with Crippen LogP contribution in [0.1, 0.15) is 29.3 Å². The molecule has 0 saturated heterocycles. The molecule has 2 rings (SSSR count). The summed E-state index contributed by atoms with van der Waals surface area (Å²) >= 11 is 5.84. The fourth-order valence-corrected chi connectivity index (χ4v) is 2.00. The third-order valence-corrected chi connectivity index (χ3v) is 3.32. The minimum atomic E-state index is 0.151. The lowest BCUT2D eigenvalue weighted by molar-refractivity contribution is 0.0988. The van der Waals surface area contributed by atoms with Gasteiger partial charge in [-0.25, -0.2) is 0 Å². The number of benzene rings is 2. The summed E-state index contributed by atoms with van der Waals surface area (Å²) in [6.45, 7) is 2.46. The molecule has 0 unspecified atom stereocenters. The quantitative estimate of drug-likeness (QED) is 0.729. The number of hydrogen-bond acceptors (Lipinski definition) is 2. The Morgan fingerprint density at radius 2 is 1.70 bits per heavy atom. The minimum Gasteiger partial charge on any atom is -0.493 e. The number of rotatable bonds is 6. The van der Waals surface area contributed by atoms with Crippen molar-refractivity contribution in [3.8, 4) is 5.75 Å². The SMILES string of the molecule is CCC(=O)c1ccc(OCCc2ccc(Cl)cc2)cc1. The van der Waals surface area contributed by atoms with Crippen LogP contribution in [0.3, 0.4) is 0 Å². The second kappa shape index (κ2) is 7.11. The highest BCUT2D eigenvalue weighted by molar-refractivity contribution is 6.30. The molecular weight excluding hydrogens is 272 g/mol. The number of carbonyl (C=O) groups is 1. The molecule has 0 heterocycles. The zero-order valence-corrected chi connectivity index (χ0v) is 12.2. The van der Waals surface area contributed by atoms with E-state index in [-0.39, 0.29) is 5.78 Å². The van der Waals surface area contributed by atoms with Gasteiger partial charge in [0.05, 0.1) is 6.61 Å². The largest absolute Gasteiger partial charge is 0.493 e. The van der Waals surface area contributed by atoms with Crippen molar-refractivity contribution in [1.82, 2.24) is 0 Å². The highest BCUT2D eigenvalue weighted by atomic mass is 35.5. The Bertz CT molecular complexity index is 559. The molecule has 2 aromatic carbocycles. The Morgan fingerprint density at radius 3 is 2.30 bits per heavy atom. The van der Waals surface area contributed by atoms with Crippen LogP contribution in [0.2, 0.25) is 5.02 Å². The molecule has 0 bridgehead atoms. The molecule has 0 saturated carbocycles. The van der Waals surface area contributed by atoms with Gasteiger partial charge in [0, 0.05) is 23.4 Å². The first kappa shape index (κ1) is 14.6. The van der Waals surface area contributed by atoms with Crippen LogP contribution in [-0.2, 0) is 6.42 Å². The first-order chi connectivity index (χ1) is 9.69. The molecule has 0 aliphatic heterocycles. The van der Waals surface area contributed by atoms with E-state index in [0.717, 1.165) is 22.8 Å². The Kier molecular flexibility index (Phi) is 5.19. The van der Waals surface area contributed by atoms with E-state index in [0.29, 0.717) is 13.0 Å².